The molecule has 0 fully saturated rings. The molecule has 1 aliphatic carbocycles. The van der Waals surface area contributed by atoms with E-state index in [1.54, 1.807) is 49.6 Å². The molecule has 0 spiro atoms. The van der Waals surface area contributed by atoms with Crippen LogP contribution in [0.4, 0.5) is 5.82 Å². The van der Waals surface area contributed by atoms with Crippen LogP contribution in [0.25, 0.3) is 0 Å². The maximum atomic E-state index is 12.9. The van der Waals surface area contributed by atoms with Gasteiger partial charge in [0.1, 0.15) is 17.3 Å². The number of fused-ring (bicyclic) bond motifs is 2. The van der Waals surface area contributed by atoms with E-state index in [1.165, 1.54) is 4.90 Å². The molecule has 31 heavy (non-hydrogen) atoms. The minimum absolute atomic E-state index is 0.149. The highest BCUT2D eigenvalue weighted by Crippen LogP contribution is 2.40. The first-order valence-electron chi connectivity index (χ1n) is 10.1. The minimum atomic E-state index is -0.291. The highest BCUT2D eigenvalue weighted by Gasteiger charge is 2.42. The number of carbonyl (C=O) groups excluding carboxylic acids is 2. The summed E-state index contributed by atoms with van der Waals surface area (Å²) in [6.45, 7) is 0.483. The van der Waals surface area contributed by atoms with Gasteiger partial charge in [0.15, 0.2) is 0 Å². The van der Waals surface area contributed by atoms with Crippen LogP contribution in [0.2, 0.25) is 0 Å². The Kier molecular flexibility index (Phi) is 4.58. The van der Waals surface area contributed by atoms with E-state index in [0.717, 1.165) is 16.8 Å². The van der Waals surface area contributed by atoms with Crippen molar-refractivity contribution in [3.8, 4) is 11.5 Å². The molecule has 2 amide bonds. The van der Waals surface area contributed by atoms with Crippen LogP contribution in [-0.2, 0) is 13.0 Å². The highest BCUT2D eigenvalue weighted by atomic mass is 16.5. The summed E-state index contributed by atoms with van der Waals surface area (Å²) in [5.74, 6) is 0.979. The molecule has 2 aliphatic rings. The molecule has 0 radical (unpaired) electrons. The molecular formula is C24H21N3O4. The van der Waals surface area contributed by atoms with Gasteiger partial charge < -0.3 is 15.2 Å². The van der Waals surface area contributed by atoms with Gasteiger partial charge in [-0.25, -0.2) is 4.98 Å². The number of pyridine rings is 1. The Morgan fingerprint density at radius 2 is 1.84 bits per heavy atom. The average molecular weight is 415 g/mol. The van der Waals surface area contributed by atoms with Crippen molar-refractivity contribution >= 4 is 17.6 Å². The van der Waals surface area contributed by atoms with Gasteiger partial charge in [-0.15, -0.1) is 0 Å². The van der Waals surface area contributed by atoms with Gasteiger partial charge in [-0.2, -0.15) is 0 Å². The molecule has 7 heteroatoms. The van der Waals surface area contributed by atoms with E-state index in [4.69, 9.17) is 9.72 Å². The van der Waals surface area contributed by atoms with Gasteiger partial charge >= 0.3 is 0 Å². The van der Waals surface area contributed by atoms with Crippen molar-refractivity contribution in [3.05, 3.63) is 82.5 Å². The quantitative estimate of drug-likeness (QED) is 0.618. The number of aromatic hydroxyl groups is 1. The molecule has 156 valence electrons. The standard InChI is InChI=1S/C24H21N3O4/c1-31-21-12-15(28)7-6-14(21)13-25-22-11-8-18-19(26-22)9-10-20(18)27-23(29)16-4-2-3-5-17(16)24(27)30/h2-8,11-12,20,28H,9-10,13H2,1H3,(H,25,26)/t20-/m1/s1. The van der Waals surface area contributed by atoms with Crippen molar-refractivity contribution in [1.82, 2.24) is 9.88 Å². The zero-order valence-corrected chi connectivity index (χ0v) is 17.0. The van der Waals surface area contributed by atoms with Gasteiger partial charge in [-0.3, -0.25) is 14.5 Å². The first-order chi connectivity index (χ1) is 15.1. The third-order valence-corrected chi connectivity index (χ3v) is 5.89. The van der Waals surface area contributed by atoms with E-state index in [1.807, 2.05) is 12.1 Å². The first kappa shape index (κ1) is 19.1. The van der Waals surface area contributed by atoms with E-state index in [2.05, 4.69) is 5.32 Å². The SMILES string of the molecule is COc1cc(O)ccc1CNc1ccc2c(n1)CC[C@H]2N1C(=O)c2ccccc2C1=O. The van der Waals surface area contributed by atoms with E-state index < -0.39 is 0 Å². The Morgan fingerprint density at radius 1 is 1.10 bits per heavy atom. The predicted molar refractivity (Wildman–Crippen MR) is 114 cm³/mol. The second-order valence-electron chi connectivity index (χ2n) is 7.66. The number of amides is 2. The third kappa shape index (κ3) is 3.18. The molecule has 0 saturated heterocycles. The lowest BCUT2D eigenvalue weighted by Crippen LogP contribution is -2.33. The number of methoxy groups -OCH3 is 1. The second-order valence-corrected chi connectivity index (χ2v) is 7.66. The normalized spacial score (nSPS) is 16.9. The van der Waals surface area contributed by atoms with Crippen LogP contribution < -0.4 is 10.1 Å². The van der Waals surface area contributed by atoms with Crippen LogP contribution in [0.3, 0.4) is 0 Å². The van der Waals surface area contributed by atoms with Crippen LogP contribution in [0, 0.1) is 0 Å². The number of hydrogen-bond acceptors (Lipinski definition) is 6. The molecular weight excluding hydrogens is 394 g/mol. The zero-order valence-electron chi connectivity index (χ0n) is 17.0. The van der Waals surface area contributed by atoms with E-state index in [0.29, 0.717) is 42.1 Å². The van der Waals surface area contributed by atoms with Gasteiger partial charge in [0.25, 0.3) is 11.8 Å². The number of aryl methyl sites for hydroxylation is 1. The number of aromatic nitrogens is 1. The molecule has 2 aromatic carbocycles. The molecule has 1 aromatic heterocycles. The second kappa shape index (κ2) is 7.43. The van der Waals surface area contributed by atoms with E-state index >= 15 is 0 Å². The van der Waals surface area contributed by atoms with Crippen molar-refractivity contribution in [2.75, 3.05) is 12.4 Å². The number of benzene rings is 2. The Morgan fingerprint density at radius 3 is 2.55 bits per heavy atom. The lowest BCUT2D eigenvalue weighted by Gasteiger charge is -2.22. The van der Waals surface area contributed by atoms with Crippen LogP contribution >= 0.6 is 0 Å². The lowest BCUT2D eigenvalue weighted by atomic mass is 10.1. The van der Waals surface area contributed by atoms with Crippen LogP contribution in [-0.4, -0.2) is 33.9 Å². The van der Waals surface area contributed by atoms with Crippen molar-refractivity contribution in [2.45, 2.75) is 25.4 Å². The molecule has 0 bridgehead atoms. The number of ether oxygens (including phenoxy) is 1. The maximum Gasteiger partial charge on any atom is 0.262 e. The van der Waals surface area contributed by atoms with Crippen molar-refractivity contribution in [1.29, 1.82) is 0 Å². The molecule has 5 rings (SSSR count). The summed E-state index contributed by atoms with van der Waals surface area (Å²) in [5, 5.41) is 12.9. The fourth-order valence-electron chi connectivity index (χ4n) is 4.37. The maximum absolute atomic E-state index is 12.9. The molecule has 7 nitrogen and oxygen atoms in total. The number of nitrogens with zero attached hydrogens (tertiary/aromatic N) is 2. The number of rotatable bonds is 5. The largest absolute Gasteiger partial charge is 0.508 e. The van der Waals surface area contributed by atoms with Crippen LogP contribution in [0.1, 0.15) is 50.0 Å². The Balaban J connectivity index is 1.35. The topological polar surface area (TPSA) is 91.8 Å². The molecule has 2 heterocycles. The van der Waals surface area contributed by atoms with Crippen LogP contribution in [0.5, 0.6) is 11.5 Å². The average Bonchev–Trinajstić information content (AvgIpc) is 3.31. The monoisotopic (exact) mass is 415 g/mol. The van der Waals surface area contributed by atoms with E-state index in [9.17, 15) is 14.7 Å². The third-order valence-electron chi connectivity index (χ3n) is 5.89. The fraction of sp³-hybridized carbons (Fsp3) is 0.208. The molecule has 0 unspecified atom stereocenters. The summed E-state index contributed by atoms with van der Waals surface area (Å²) in [7, 11) is 1.56. The van der Waals surface area contributed by atoms with Gasteiger partial charge in [-0.1, -0.05) is 18.2 Å². The summed E-state index contributed by atoms with van der Waals surface area (Å²) in [4.78, 5) is 31.8. The molecule has 3 aromatic rings. The Hall–Kier alpha value is -3.87. The number of nitrogens with one attached hydrogen (secondary N) is 1. The van der Waals surface area contributed by atoms with Gasteiger partial charge in [0, 0.05) is 23.9 Å². The van der Waals surface area contributed by atoms with Crippen molar-refractivity contribution < 1.29 is 19.4 Å². The Labute approximate surface area is 179 Å². The van der Waals surface area contributed by atoms with Gasteiger partial charge in [0.05, 0.1) is 24.3 Å². The molecule has 1 atom stereocenters. The smallest absolute Gasteiger partial charge is 0.262 e. The first-order valence-corrected chi connectivity index (χ1v) is 10.1. The van der Waals surface area contributed by atoms with Crippen LogP contribution in [0.15, 0.2) is 54.6 Å². The number of phenolic OH excluding ortho intramolecular Hbond substituents is 1. The summed E-state index contributed by atoms with van der Waals surface area (Å²) >= 11 is 0. The van der Waals surface area contributed by atoms with Crippen molar-refractivity contribution in [3.63, 3.8) is 0 Å². The molecule has 2 N–H and O–H groups in total. The molecule has 0 saturated carbocycles. The summed E-state index contributed by atoms with van der Waals surface area (Å²) in [5.41, 5.74) is 3.64. The lowest BCUT2D eigenvalue weighted by molar-refractivity contribution is 0.0582. The molecule has 1 aliphatic heterocycles. The number of imide groups is 1. The summed E-state index contributed by atoms with van der Waals surface area (Å²) in [6, 6.07) is 15.5. The Bertz CT molecular complexity index is 1170. The zero-order chi connectivity index (χ0) is 21.5. The fourth-order valence-corrected chi connectivity index (χ4v) is 4.37. The number of carbonyl (C=O) groups is 2. The van der Waals surface area contributed by atoms with Gasteiger partial charge in [-0.05, 0) is 48.7 Å². The summed E-state index contributed by atoms with van der Waals surface area (Å²) in [6.07, 6.45) is 1.37. The predicted octanol–water partition coefficient (Wildman–Crippen LogP) is 3.69. The van der Waals surface area contributed by atoms with Crippen molar-refractivity contribution in [2.24, 2.45) is 0 Å². The number of anilines is 1. The number of phenols is 1. The summed E-state index contributed by atoms with van der Waals surface area (Å²) < 4.78 is 5.32. The van der Waals surface area contributed by atoms with Gasteiger partial charge in [0.2, 0.25) is 0 Å². The number of hydrogen-bond donors (Lipinski definition) is 2. The minimum Gasteiger partial charge on any atom is -0.508 e. The highest BCUT2D eigenvalue weighted by molar-refractivity contribution is 6.21. The van der Waals surface area contributed by atoms with E-state index in [-0.39, 0.29) is 23.6 Å².